The molecule has 1 aliphatic heterocycles. The summed E-state index contributed by atoms with van der Waals surface area (Å²) in [4.78, 5) is 34.0. The molecule has 1 aliphatic rings. The first-order chi connectivity index (χ1) is 16.5. The van der Waals surface area contributed by atoms with Crippen molar-refractivity contribution in [2.24, 2.45) is 0 Å². The van der Waals surface area contributed by atoms with Crippen molar-refractivity contribution in [3.05, 3.63) is 105 Å². The average Bonchev–Trinajstić information content (AvgIpc) is 2.88. The molecule has 0 bridgehead atoms. The van der Waals surface area contributed by atoms with Gasteiger partial charge in [0.1, 0.15) is 5.82 Å². The van der Waals surface area contributed by atoms with Crippen molar-refractivity contribution < 1.29 is 4.79 Å². The third-order valence-corrected chi connectivity index (χ3v) is 6.81. The van der Waals surface area contributed by atoms with Crippen molar-refractivity contribution in [2.45, 2.75) is 39.7 Å². The maximum absolute atomic E-state index is 13.4. The van der Waals surface area contributed by atoms with Crippen LogP contribution in [0, 0.1) is 13.8 Å². The van der Waals surface area contributed by atoms with Gasteiger partial charge in [-0.15, -0.1) is 0 Å². The van der Waals surface area contributed by atoms with Gasteiger partial charge in [-0.25, -0.2) is 4.98 Å². The maximum Gasteiger partial charge on any atom is 0.200 e. The van der Waals surface area contributed by atoms with Gasteiger partial charge < -0.3 is 9.47 Å². The first kappa shape index (κ1) is 22.1. The Hall–Kier alpha value is -3.73. The van der Waals surface area contributed by atoms with E-state index >= 15 is 0 Å². The predicted molar refractivity (Wildman–Crippen MR) is 137 cm³/mol. The van der Waals surface area contributed by atoms with Crippen molar-refractivity contribution in [2.75, 3.05) is 18.0 Å². The summed E-state index contributed by atoms with van der Waals surface area (Å²) in [6.45, 7) is 6.54. The molecular formula is C29H29N3O2. The third-order valence-electron chi connectivity index (χ3n) is 6.81. The lowest BCUT2D eigenvalue weighted by Crippen LogP contribution is -2.30. The van der Waals surface area contributed by atoms with E-state index in [1.807, 2.05) is 60.9 Å². The molecule has 2 aromatic heterocycles. The minimum absolute atomic E-state index is 0.189. The van der Waals surface area contributed by atoms with Gasteiger partial charge in [-0.3, -0.25) is 9.59 Å². The molecular weight excluding hydrogens is 422 g/mol. The molecule has 5 nitrogen and oxygen atoms in total. The summed E-state index contributed by atoms with van der Waals surface area (Å²) >= 11 is 0. The van der Waals surface area contributed by atoms with Crippen LogP contribution in [0.1, 0.15) is 52.0 Å². The van der Waals surface area contributed by atoms with Gasteiger partial charge in [-0.2, -0.15) is 0 Å². The molecule has 0 aliphatic carbocycles. The zero-order valence-electron chi connectivity index (χ0n) is 19.8. The normalized spacial score (nSPS) is 13.9. The van der Waals surface area contributed by atoms with E-state index in [1.165, 1.54) is 19.3 Å². The summed E-state index contributed by atoms with van der Waals surface area (Å²) in [5.74, 6) is 0.747. The van der Waals surface area contributed by atoms with Gasteiger partial charge >= 0.3 is 0 Å². The Morgan fingerprint density at radius 1 is 0.912 bits per heavy atom. The summed E-state index contributed by atoms with van der Waals surface area (Å²) in [5.41, 5.74) is 4.35. The van der Waals surface area contributed by atoms with Gasteiger partial charge in [-0.1, -0.05) is 30.3 Å². The van der Waals surface area contributed by atoms with Gasteiger partial charge in [0.05, 0.1) is 23.3 Å². The fourth-order valence-electron chi connectivity index (χ4n) is 4.70. The maximum atomic E-state index is 13.4. The highest BCUT2D eigenvalue weighted by Gasteiger charge is 2.18. The number of aryl methyl sites for hydroxylation is 2. The van der Waals surface area contributed by atoms with Crippen LogP contribution in [0.4, 0.5) is 5.82 Å². The second kappa shape index (κ2) is 9.26. The number of rotatable bonds is 5. The van der Waals surface area contributed by atoms with Crippen LogP contribution in [0.5, 0.6) is 0 Å². The van der Waals surface area contributed by atoms with Crippen molar-refractivity contribution in [1.29, 1.82) is 0 Å². The number of piperidine rings is 1. The molecule has 0 atom stereocenters. The smallest absolute Gasteiger partial charge is 0.200 e. The van der Waals surface area contributed by atoms with Gasteiger partial charge in [0.25, 0.3) is 0 Å². The van der Waals surface area contributed by atoms with Gasteiger partial charge in [-0.05, 0) is 74.6 Å². The second-order valence-corrected chi connectivity index (χ2v) is 9.18. The molecule has 0 spiro atoms. The lowest BCUT2D eigenvalue weighted by Gasteiger charge is -2.28. The zero-order valence-corrected chi connectivity index (χ0v) is 19.8. The standard InChI is InChI=1S/C29H29N3O2/c1-20-13-14-22(17-21(20)2)28(33)25-19-32(26-11-5-4-10-24(26)29(25)34)18-23-9-8-12-27(30-23)31-15-6-3-7-16-31/h4-5,8-14,17,19H,3,6-7,15-16,18H2,1-2H3. The van der Waals surface area contributed by atoms with E-state index in [1.54, 1.807) is 18.3 Å². The lowest BCUT2D eigenvalue weighted by atomic mass is 9.99. The zero-order chi connectivity index (χ0) is 23.7. The molecule has 1 saturated heterocycles. The Balaban J connectivity index is 1.56. The fourth-order valence-corrected chi connectivity index (χ4v) is 4.70. The Kier molecular flexibility index (Phi) is 6.01. The van der Waals surface area contributed by atoms with Crippen LogP contribution >= 0.6 is 0 Å². The Bertz CT molecular complexity index is 1430. The van der Waals surface area contributed by atoms with E-state index < -0.39 is 0 Å². The number of ketones is 1. The molecule has 3 heterocycles. The molecule has 1 fully saturated rings. The number of pyridine rings is 2. The molecule has 0 saturated carbocycles. The molecule has 0 amide bonds. The molecule has 0 radical (unpaired) electrons. The van der Waals surface area contributed by atoms with E-state index in [4.69, 9.17) is 4.98 Å². The average molecular weight is 452 g/mol. The molecule has 2 aromatic carbocycles. The van der Waals surface area contributed by atoms with Gasteiger partial charge in [0, 0.05) is 30.2 Å². The van der Waals surface area contributed by atoms with Crippen LogP contribution in [-0.2, 0) is 6.54 Å². The van der Waals surface area contributed by atoms with Crippen LogP contribution in [0.25, 0.3) is 10.9 Å². The summed E-state index contributed by atoms with van der Waals surface area (Å²) in [6.07, 6.45) is 5.37. The van der Waals surface area contributed by atoms with Crippen LogP contribution < -0.4 is 10.3 Å². The van der Waals surface area contributed by atoms with E-state index in [0.29, 0.717) is 17.5 Å². The summed E-state index contributed by atoms with van der Waals surface area (Å²) in [5, 5.41) is 0.546. The van der Waals surface area contributed by atoms with E-state index in [2.05, 4.69) is 11.0 Å². The number of hydrogen-bond donors (Lipinski definition) is 0. The number of aromatic nitrogens is 2. The van der Waals surface area contributed by atoms with Crippen LogP contribution in [0.15, 0.2) is 71.7 Å². The first-order valence-electron chi connectivity index (χ1n) is 12.0. The Morgan fingerprint density at radius 2 is 1.71 bits per heavy atom. The minimum Gasteiger partial charge on any atom is -0.357 e. The largest absolute Gasteiger partial charge is 0.357 e. The third kappa shape index (κ3) is 4.26. The quantitative estimate of drug-likeness (QED) is 0.387. The second-order valence-electron chi connectivity index (χ2n) is 9.18. The van der Waals surface area contributed by atoms with Crippen molar-refractivity contribution in [3.63, 3.8) is 0 Å². The lowest BCUT2D eigenvalue weighted by molar-refractivity contribution is 0.103. The SMILES string of the molecule is Cc1ccc(C(=O)c2cn(Cc3cccc(N4CCCCC4)n3)c3ccccc3c2=O)cc1C. The van der Waals surface area contributed by atoms with Crippen LogP contribution in [0.2, 0.25) is 0 Å². The first-order valence-corrected chi connectivity index (χ1v) is 12.0. The highest BCUT2D eigenvalue weighted by atomic mass is 16.1. The molecule has 0 N–H and O–H groups in total. The van der Waals surface area contributed by atoms with Crippen molar-refractivity contribution >= 4 is 22.5 Å². The van der Waals surface area contributed by atoms with Crippen molar-refractivity contribution in [3.8, 4) is 0 Å². The Labute approximate surface area is 199 Å². The number of anilines is 1. The molecule has 5 heteroatoms. The van der Waals surface area contributed by atoms with E-state index in [9.17, 15) is 9.59 Å². The monoisotopic (exact) mass is 451 g/mol. The number of para-hydroxylation sites is 1. The fraction of sp³-hybridized carbons (Fsp3) is 0.276. The minimum atomic E-state index is -0.248. The number of benzene rings is 2. The molecule has 34 heavy (non-hydrogen) atoms. The summed E-state index contributed by atoms with van der Waals surface area (Å²) < 4.78 is 1.98. The summed E-state index contributed by atoms with van der Waals surface area (Å²) in [7, 11) is 0. The van der Waals surface area contributed by atoms with Crippen molar-refractivity contribution in [1.82, 2.24) is 9.55 Å². The van der Waals surface area contributed by atoms with E-state index in [0.717, 1.165) is 41.2 Å². The molecule has 172 valence electrons. The van der Waals surface area contributed by atoms with Gasteiger partial charge in [0.2, 0.25) is 5.43 Å². The highest BCUT2D eigenvalue weighted by molar-refractivity contribution is 6.10. The summed E-state index contributed by atoms with van der Waals surface area (Å²) in [6, 6.07) is 19.2. The molecule has 0 unspecified atom stereocenters. The van der Waals surface area contributed by atoms with Crippen LogP contribution in [0.3, 0.4) is 0 Å². The number of nitrogens with zero attached hydrogens (tertiary/aromatic N) is 3. The molecule has 4 aromatic rings. The number of fused-ring (bicyclic) bond motifs is 1. The topological polar surface area (TPSA) is 55.2 Å². The van der Waals surface area contributed by atoms with E-state index in [-0.39, 0.29) is 16.8 Å². The van der Waals surface area contributed by atoms with Gasteiger partial charge in [0.15, 0.2) is 5.78 Å². The number of carbonyl (C=O) groups is 1. The number of carbonyl (C=O) groups excluding carboxylic acids is 1. The number of hydrogen-bond acceptors (Lipinski definition) is 4. The van der Waals surface area contributed by atoms with Crippen LogP contribution in [-0.4, -0.2) is 28.4 Å². The molecule has 5 rings (SSSR count). The predicted octanol–water partition coefficient (Wildman–Crippen LogP) is 5.28. The Morgan fingerprint density at radius 3 is 2.50 bits per heavy atom. The highest BCUT2D eigenvalue weighted by Crippen LogP contribution is 2.20.